The van der Waals surface area contributed by atoms with Gasteiger partial charge in [-0.15, -0.1) is 0 Å². The van der Waals surface area contributed by atoms with Crippen molar-refractivity contribution in [1.29, 1.82) is 0 Å². The molecule has 0 atom stereocenters. The predicted molar refractivity (Wildman–Crippen MR) is 55.6 cm³/mol. The van der Waals surface area contributed by atoms with Gasteiger partial charge in [-0.1, -0.05) is 25.3 Å². The summed E-state index contributed by atoms with van der Waals surface area (Å²) in [6.45, 7) is 0. The van der Waals surface area contributed by atoms with Gasteiger partial charge in [-0.3, -0.25) is 0 Å². The summed E-state index contributed by atoms with van der Waals surface area (Å²) < 4.78 is 10.5. The van der Waals surface area contributed by atoms with Gasteiger partial charge < -0.3 is 9.31 Å². The second kappa shape index (κ2) is 6.22. The molecule has 0 aromatic rings. The van der Waals surface area contributed by atoms with Crippen LogP contribution in [-0.4, -0.2) is 21.3 Å². The minimum Gasteiger partial charge on any atom is -0.410 e. The quantitative estimate of drug-likeness (QED) is 0.624. The van der Waals surface area contributed by atoms with Crippen molar-refractivity contribution in [2.24, 2.45) is 0 Å². The topological polar surface area (TPSA) is 18.5 Å². The Labute approximate surface area is 81.4 Å². The van der Waals surface area contributed by atoms with Crippen LogP contribution < -0.4 is 0 Å². The number of rotatable bonds is 3. The number of hydrogen-bond acceptors (Lipinski definition) is 2. The monoisotopic (exact) mass is 182 g/mol. The molecular weight excluding hydrogens is 163 g/mol. The summed E-state index contributed by atoms with van der Waals surface area (Å²) in [5, 5.41) is 0. The SMILES string of the molecule is COB(OC)/C1=C/CCCCCC1. The van der Waals surface area contributed by atoms with E-state index in [1.165, 1.54) is 37.6 Å². The molecule has 0 unspecified atom stereocenters. The maximum Gasteiger partial charge on any atom is 0.488 e. The van der Waals surface area contributed by atoms with Crippen LogP contribution in [0.1, 0.15) is 38.5 Å². The molecule has 0 aliphatic heterocycles. The smallest absolute Gasteiger partial charge is 0.410 e. The van der Waals surface area contributed by atoms with Crippen LogP contribution >= 0.6 is 0 Å². The van der Waals surface area contributed by atoms with Crippen molar-refractivity contribution in [2.45, 2.75) is 38.5 Å². The van der Waals surface area contributed by atoms with E-state index in [1.807, 2.05) is 0 Å². The van der Waals surface area contributed by atoms with Crippen LogP contribution in [0.2, 0.25) is 0 Å². The van der Waals surface area contributed by atoms with Gasteiger partial charge in [0.1, 0.15) is 0 Å². The highest BCUT2D eigenvalue weighted by atomic mass is 16.6. The van der Waals surface area contributed by atoms with E-state index in [0.717, 1.165) is 6.42 Å². The Bertz CT molecular complexity index is 164. The summed E-state index contributed by atoms with van der Waals surface area (Å²) >= 11 is 0. The Balaban J connectivity index is 2.51. The van der Waals surface area contributed by atoms with Crippen molar-refractivity contribution in [3.63, 3.8) is 0 Å². The first kappa shape index (κ1) is 10.8. The van der Waals surface area contributed by atoms with Crippen LogP contribution in [0, 0.1) is 0 Å². The predicted octanol–water partition coefficient (Wildman–Crippen LogP) is 2.59. The minimum absolute atomic E-state index is 0.113. The van der Waals surface area contributed by atoms with Gasteiger partial charge in [0.2, 0.25) is 0 Å². The maximum atomic E-state index is 5.24. The molecule has 0 bridgehead atoms. The van der Waals surface area contributed by atoms with Crippen molar-refractivity contribution in [2.75, 3.05) is 14.2 Å². The van der Waals surface area contributed by atoms with Crippen molar-refractivity contribution in [3.05, 3.63) is 11.5 Å². The molecule has 13 heavy (non-hydrogen) atoms. The Hall–Kier alpha value is -0.275. The molecule has 0 saturated heterocycles. The van der Waals surface area contributed by atoms with E-state index < -0.39 is 0 Å². The highest BCUT2D eigenvalue weighted by Crippen LogP contribution is 2.19. The van der Waals surface area contributed by atoms with Gasteiger partial charge in [0.05, 0.1) is 0 Å². The number of hydrogen-bond donors (Lipinski definition) is 0. The lowest BCUT2D eigenvalue weighted by Gasteiger charge is -2.15. The van der Waals surface area contributed by atoms with Crippen LogP contribution in [0.5, 0.6) is 0 Å². The molecular formula is C10H19BO2. The van der Waals surface area contributed by atoms with E-state index in [2.05, 4.69) is 6.08 Å². The molecule has 2 nitrogen and oxygen atoms in total. The Morgan fingerprint density at radius 1 is 1.08 bits per heavy atom. The van der Waals surface area contributed by atoms with Gasteiger partial charge in [-0.2, -0.15) is 0 Å². The average molecular weight is 182 g/mol. The van der Waals surface area contributed by atoms with Crippen LogP contribution in [-0.2, 0) is 9.31 Å². The molecule has 0 radical (unpaired) electrons. The second-order valence-corrected chi connectivity index (χ2v) is 3.54. The van der Waals surface area contributed by atoms with Crippen molar-refractivity contribution in [1.82, 2.24) is 0 Å². The molecule has 0 fully saturated rings. The summed E-state index contributed by atoms with van der Waals surface area (Å²) in [6.07, 6.45) is 9.90. The first-order valence-electron chi connectivity index (χ1n) is 5.13. The highest BCUT2D eigenvalue weighted by molar-refractivity contribution is 6.53. The van der Waals surface area contributed by atoms with E-state index in [-0.39, 0.29) is 7.12 Å². The lowest BCUT2D eigenvalue weighted by atomic mass is 9.74. The fourth-order valence-electron chi connectivity index (χ4n) is 1.83. The zero-order chi connectivity index (χ0) is 9.52. The molecule has 0 heterocycles. The van der Waals surface area contributed by atoms with Crippen LogP contribution in [0.25, 0.3) is 0 Å². The van der Waals surface area contributed by atoms with Crippen molar-refractivity contribution < 1.29 is 9.31 Å². The Kier molecular flexibility index (Phi) is 5.17. The first-order valence-corrected chi connectivity index (χ1v) is 5.13. The normalized spacial score (nSPS) is 22.8. The van der Waals surface area contributed by atoms with Gasteiger partial charge in [-0.05, 0) is 24.7 Å². The standard InChI is InChI=1S/C10H19BO2/c1-12-11(13-2)10-8-6-4-3-5-7-9-10/h8H,3-7,9H2,1-2H3/b10-8+. The largest absolute Gasteiger partial charge is 0.488 e. The van der Waals surface area contributed by atoms with Gasteiger partial charge >= 0.3 is 7.12 Å². The number of allylic oxidation sites excluding steroid dienone is 2. The first-order chi connectivity index (χ1) is 6.38. The van der Waals surface area contributed by atoms with Crippen LogP contribution in [0.3, 0.4) is 0 Å². The van der Waals surface area contributed by atoms with Crippen LogP contribution in [0.15, 0.2) is 11.5 Å². The molecule has 74 valence electrons. The van der Waals surface area contributed by atoms with E-state index in [1.54, 1.807) is 14.2 Å². The molecule has 0 amide bonds. The molecule has 0 N–H and O–H groups in total. The van der Waals surface area contributed by atoms with E-state index in [9.17, 15) is 0 Å². The molecule has 0 aromatic carbocycles. The maximum absolute atomic E-state index is 5.24. The third-order valence-electron chi connectivity index (χ3n) is 2.56. The molecule has 0 aromatic heterocycles. The van der Waals surface area contributed by atoms with E-state index in [4.69, 9.17) is 9.31 Å². The third kappa shape index (κ3) is 3.53. The molecule has 0 spiro atoms. The van der Waals surface area contributed by atoms with Crippen molar-refractivity contribution >= 4 is 7.12 Å². The van der Waals surface area contributed by atoms with Gasteiger partial charge in [0.15, 0.2) is 0 Å². The van der Waals surface area contributed by atoms with Crippen LogP contribution in [0.4, 0.5) is 0 Å². The van der Waals surface area contributed by atoms with Crippen molar-refractivity contribution in [3.8, 4) is 0 Å². The molecule has 1 aliphatic carbocycles. The lowest BCUT2D eigenvalue weighted by Crippen LogP contribution is -2.23. The summed E-state index contributed by atoms with van der Waals surface area (Å²) in [4.78, 5) is 0. The zero-order valence-corrected chi connectivity index (χ0v) is 8.71. The molecule has 0 saturated carbocycles. The third-order valence-corrected chi connectivity index (χ3v) is 2.56. The second-order valence-electron chi connectivity index (χ2n) is 3.54. The van der Waals surface area contributed by atoms with Gasteiger partial charge in [-0.25, -0.2) is 0 Å². The summed E-state index contributed by atoms with van der Waals surface area (Å²) in [5.41, 5.74) is 1.32. The molecule has 1 rings (SSSR count). The average Bonchev–Trinajstić information content (AvgIpc) is 2.09. The summed E-state index contributed by atoms with van der Waals surface area (Å²) in [5.74, 6) is 0. The van der Waals surface area contributed by atoms with E-state index in [0.29, 0.717) is 0 Å². The lowest BCUT2D eigenvalue weighted by molar-refractivity contribution is 0.285. The minimum atomic E-state index is -0.113. The zero-order valence-electron chi connectivity index (χ0n) is 8.71. The fourth-order valence-corrected chi connectivity index (χ4v) is 1.83. The Morgan fingerprint density at radius 2 is 1.77 bits per heavy atom. The van der Waals surface area contributed by atoms with Gasteiger partial charge in [0.25, 0.3) is 0 Å². The highest BCUT2D eigenvalue weighted by Gasteiger charge is 2.20. The fraction of sp³-hybridized carbons (Fsp3) is 0.800. The van der Waals surface area contributed by atoms with Gasteiger partial charge in [0, 0.05) is 14.2 Å². The molecule has 1 aliphatic rings. The molecule has 3 heteroatoms. The van der Waals surface area contributed by atoms with E-state index >= 15 is 0 Å². The summed E-state index contributed by atoms with van der Waals surface area (Å²) in [7, 11) is 3.29. The Morgan fingerprint density at radius 3 is 2.46 bits per heavy atom. The summed E-state index contributed by atoms with van der Waals surface area (Å²) in [6, 6.07) is 0.